The Hall–Kier alpha value is -1.96. The smallest absolute Gasteiger partial charge is 0.120 e. The molecule has 0 atom stereocenters. The van der Waals surface area contributed by atoms with E-state index in [2.05, 4.69) is 36.4 Å². The molecule has 0 aliphatic rings. The van der Waals surface area contributed by atoms with Gasteiger partial charge in [-0.3, -0.25) is 0 Å². The number of ether oxygens (including phenoxy) is 1. The first-order valence-electron chi connectivity index (χ1n) is 7.40. The van der Waals surface area contributed by atoms with Crippen molar-refractivity contribution < 1.29 is 4.74 Å². The largest absolute Gasteiger partial charge is 0.489 e. The van der Waals surface area contributed by atoms with Gasteiger partial charge in [0.2, 0.25) is 0 Å². The van der Waals surface area contributed by atoms with Crippen molar-refractivity contribution in [2.45, 2.75) is 13.0 Å². The minimum atomic E-state index is 0.440. The Morgan fingerprint density at radius 2 is 1.35 bits per heavy atom. The van der Waals surface area contributed by atoms with Gasteiger partial charge in [0.1, 0.15) is 12.4 Å². The summed E-state index contributed by atoms with van der Waals surface area (Å²) in [6.07, 6.45) is 0.890. The van der Waals surface area contributed by atoms with E-state index in [9.17, 15) is 0 Å². The zero-order chi connectivity index (χ0) is 16.1. The predicted molar refractivity (Wildman–Crippen MR) is 96.5 cm³/mol. The Bertz CT molecular complexity index is 764. The predicted octanol–water partition coefficient (Wildman–Crippen LogP) is 6.16. The summed E-state index contributed by atoms with van der Waals surface area (Å²) in [4.78, 5) is 0. The van der Waals surface area contributed by atoms with E-state index in [0.717, 1.165) is 17.7 Å². The minimum absolute atomic E-state index is 0.440. The summed E-state index contributed by atoms with van der Waals surface area (Å²) in [5.41, 5.74) is 3.46. The second kappa shape index (κ2) is 7.54. The van der Waals surface area contributed by atoms with Crippen LogP contribution < -0.4 is 4.74 Å². The average Bonchev–Trinajstić information content (AvgIpc) is 2.53. The van der Waals surface area contributed by atoms with E-state index < -0.39 is 0 Å². The number of hydrogen-bond acceptors (Lipinski definition) is 1. The van der Waals surface area contributed by atoms with Crippen LogP contribution >= 0.6 is 23.2 Å². The van der Waals surface area contributed by atoms with Crippen LogP contribution in [0.3, 0.4) is 0 Å². The van der Waals surface area contributed by atoms with E-state index >= 15 is 0 Å². The number of halogens is 2. The van der Waals surface area contributed by atoms with Crippen LogP contribution in [0.2, 0.25) is 10.0 Å². The molecule has 0 bridgehead atoms. The van der Waals surface area contributed by atoms with Crippen molar-refractivity contribution in [3.05, 3.63) is 99.5 Å². The van der Waals surface area contributed by atoms with Crippen LogP contribution in [-0.4, -0.2) is 0 Å². The van der Waals surface area contributed by atoms with Gasteiger partial charge >= 0.3 is 0 Å². The molecule has 0 amide bonds. The molecule has 0 aliphatic heterocycles. The van der Waals surface area contributed by atoms with Gasteiger partial charge in [0.25, 0.3) is 0 Å². The Morgan fingerprint density at radius 3 is 2.09 bits per heavy atom. The fraction of sp³-hybridized carbons (Fsp3) is 0.100. The van der Waals surface area contributed by atoms with E-state index in [4.69, 9.17) is 27.9 Å². The molecule has 0 aromatic heterocycles. The maximum absolute atomic E-state index is 6.01. The van der Waals surface area contributed by atoms with Crippen molar-refractivity contribution in [1.29, 1.82) is 0 Å². The van der Waals surface area contributed by atoms with Crippen LogP contribution in [0.5, 0.6) is 5.75 Å². The van der Waals surface area contributed by atoms with Crippen molar-refractivity contribution in [1.82, 2.24) is 0 Å². The SMILES string of the molecule is Clc1cc(Cl)cc(COc2cccc(Cc3ccccc3)c2)c1. The molecule has 0 fully saturated rings. The van der Waals surface area contributed by atoms with Crippen molar-refractivity contribution in [3.8, 4) is 5.75 Å². The number of rotatable bonds is 5. The molecule has 0 saturated carbocycles. The second-order valence-electron chi connectivity index (χ2n) is 5.38. The molecule has 0 aliphatic carbocycles. The molecular formula is C20H16Cl2O. The second-order valence-corrected chi connectivity index (χ2v) is 6.25. The van der Waals surface area contributed by atoms with Gasteiger partial charge in [-0.05, 0) is 53.4 Å². The minimum Gasteiger partial charge on any atom is -0.489 e. The molecular weight excluding hydrogens is 327 g/mol. The summed E-state index contributed by atoms with van der Waals surface area (Å²) in [6, 6.07) is 24.0. The Balaban J connectivity index is 1.68. The lowest BCUT2D eigenvalue weighted by Crippen LogP contribution is -1.96. The zero-order valence-corrected chi connectivity index (χ0v) is 14.0. The Morgan fingerprint density at radius 1 is 0.652 bits per heavy atom. The summed E-state index contributed by atoms with van der Waals surface area (Å²) in [5, 5.41) is 1.24. The standard InChI is InChI=1S/C20H16Cl2O/c21-18-10-17(11-19(22)13-18)14-23-20-8-4-7-16(12-20)9-15-5-2-1-3-6-15/h1-8,10-13H,9,14H2. The van der Waals surface area contributed by atoms with E-state index in [1.165, 1.54) is 11.1 Å². The summed E-state index contributed by atoms with van der Waals surface area (Å²) >= 11 is 12.0. The van der Waals surface area contributed by atoms with Crippen LogP contribution in [0.25, 0.3) is 0 Å². The molecule has 23 heavy (non-hydrogen) atoms. The molecule has 0 unspecified atom stereocenters. The van der Waals surface area contributed by atoms with E-state index in [1.807, 2.05) is 30.3 Å². The van der Waals surface area contributed by atoms with Gasteiger partial charge in [-0.25, -0.2) is 0 Å². The molecule has 3 heteroatoms. The summed E-state index contributed by atoms with van der Waals surface area (Å²) in [7, 11) is 0. The molecule has 1 nitrogen and oxygen atoms in total. The maximum atomic E-state index is 6.01. The van der Waals surface area contributed by atoms with E-state index in [-0.39, 0.29) is 0 Å². The van der Waals surface area contributed by atoms with Gasteiger partial charge in [-0.1, -0.05) is 65.7 Å². The van der Waals surface area contributed by atoms with Crippen LogP contribution in [0, 0.1) is 0 Å². The molecule has 0 heterocycles. The third kappa shape index (κ3) is 4.75. The normalized spacial score (nSPS) is 10.5. The maximum Gasteiger partial charge on any atom is 0.120 e. The average molecular weight is 343 g/mol. The quantitative estimate of drug-likeness (QED) is 0.539. The molecule has 3 aromatic carbocycles. The van der Waals surface area contributed by atoms with Crippen LogP contribution in [-0.2, 0) is 13.0 Å². The molecule has 0 N–H and O–H groups in total. The Kier molecular flexibility index (Phi) is 5.22. The van der Waals surface area contributed by atoms with Crippen LogP contribution in [0.15, 0.2) is 72.8 Å². The molecule has 0 saturated heterocycles. The van der Waals surface area contributed by atoms with E-state index in [1.54, 1.807) is 6.07 Å². The van der Waals surface area contributed by atoms with Crippen LogP contribution in [0.4, 0.5) is 0 Å². The molecule has 3 rings (SSSR count). The lowest BCUT2D eigenvalue weighted by Gasteiger charge is -2.09. The highest BCUT2D eigenvalue weighted by Crippen LogP contribution is 2.22. The van der Waals surface area contributed by atoms with Gasteiger partial charge in [-0.2, -0.15) is 0 Å². The molecule has 0 radical (unpaired) electrons. The zero-order valence-electron chi connectivity index (χ0n) is 12.5. The molecule has 0 spiro atoms. The van der Waals surface area contributed by atoms with E-state index in [0.29, 0.717) is 16.7 Å². The summed E-state index contributed by atoms with van der Waals surface area (Å²) in [6.45, 7) is 0.440. The Labute approximate surface area is 146 Å². The van der Waals surface area contributed by atoms with Crippen molar-refractivity contribution in [3.63, 3.8) is 0 Å². The fourth-order valence-electron chi connectivity index (χ4n) is 2.44. The molecule has 116 valence electrons. The first kappa shape index (κ1) is 15.9. The third-order valence-corrected chi connectivity index (χ3v) is 3.91. The third-order valence-electron chi connectivity index (χ3n) is 3.48. The summed E-state index contributed by atoms with van der Waals surface area (Å²) < 4.78 is 5.86. The van der Waals surface area contributed by atoms with Gasteiger partial charge < -0.3 is 4.74 Å². The highest BCUT2D eigenvalue weighted by Gasteiger charge is 2.02. The monoisotopic (exact) mass is 342 g/mol. The van der Waals surface area contributed by atoms with Crippen molar-refractivity contribution in [2.24, 2.45) is 0 Å². The fourth-order valence-corrected chi connectivity index (χ4v) is 3.01. The lowest BCUT2D eigenvalue weighted by atomic mass is 10.1. The first-order chi connectivity index (χ1) is 11.2. The number of hydrogen-bond donors (Lipinski definition) is 0. The highest BCUT2D eigenvalue weighted by atomic mass is 35.5. The van der Waals surface area contributed by atoms with Crippen LogP contribution in [0.1, 0.15) is 16.7 Å². The van der Waals surface area contributed by atoms with Crippen molar-refractivity contribution in [2.75, 3.05) is 0 Å². The molecule has 3 aromatic rings. The summed E-state index contributed by atoms with van der Waals surface area (Å²) in [5.74, 6) is 0.842. The first-order valence-corrected chi connectivity index (χ1v) is 8.15. The van der Waals surface area contributed by atoms with Crippen molar-refractivity contribution >= 4 is 23.2 Å². The van der Waals surface area contributed by atoms with Gasteiger partial charge in [0.05, 0.1) is 0 Å². The lowest BCUT2D eigenvalue weighted by molar-refractivity contribution is 0.306. The van der Waals surface area contributed by atoms with Gasteiger partial charge in [-0.15, -0.1) is 0 Å². The van der Waals surface area contributed by atoms with Gasteiger partial charge in [0.15, 0.2) is 0 Å². The topological polar surface area (TPSA) is 9.23 Å². The highest BCUT2D eigenvalue weighted by molar-refractivity contribution is 6.34. The van der Waals surface area contributed by atoms with Gasteiger partial charge in [0, 0.05) is 10.0 Å². The number of benzene rings is 3.